The van der Waals surface area contributed by atoms with Gasteiger partial charge in [0.15, 0.2) is 5.41 Å². The number of H-pyrrole nitrogens is 1. The zero-order valence-electron chi connectivity index (χ0n) is 12.9. The number of likely N-dealkylation sites (tertiary alicyclic amines) is 1. The maximum absolute atomic E-state index is 13.2. The predicted octanol–water partition coefficient (Wildman–Crippen LogP) is 2.72. The molecule has 1 aromatic heterocycles. The fraction of sp³-hybridized carbons (Fsp3) is 0.375. The molecule has 3 rings (SSSR count). The molecule has 1 atom stereocenters. The quantitative estimate of drug-likeness (QED) is 0.829. The Kier molecular flexibility index (Phi) is 3.97. The third-order valence-corrected chi connectivity index (χ3v) is 4.65. The molecule has 1 saturated heterocycles. The Morgan fingerprint density at radius 1 is 1.32 bits per heavy atom. The van der Waals surface area contributed by atoms with E-state index in [1.165, 1.54) is 24.4 Å². The normalized spacial score (nSPS) is 21.0. The van der Waals surface area contributed by atoms with Crippen molar-refractivity contribution in [3.8, 4) is 0 Å². The van der Waals surface area contributed by atoms with Crippen LogP contribution in [-0.4, -0.2) is 46.1 Å². The number of rotatable bonds is 3. The van der Waals surface area contributed by atoms with Crippen molar-refractivity contribution in [1.29, 1.82) is 0 Å². The summed E-state index contributed by atoms with van der Waals surface area (Å²) in [4.78, 5) is 27.2. The van der Waals surface area contributed by atoms with E-state index in [0.29, 0.717) is 16.5 Å². The van der Waals surface area contributed by atoms with Crippen molar-refractivity contribution in [3.05, 3.63) is 35.8 Å². The lowest BCUT2D eigenvalue weighted by Crippen LogP contribution is -2.47. The van der Waals surface area contributed by atoms with Crippen LogP contribution >= 0.6 is 0 Å². The first kappa shape index (κ1) is 17.2. The lowest BCUT2D eigenvalue weighted by molar-refractivity contribution is -0.227. The minimum atomic E-state index is -4.94. The van der Waals surface area contributed by atoms with Crippen LogP contribution in [0.3, 0.4) is 0 Å². The van der Waals surface area contributed by atoms with Crippen LogP contribution in [0.1, 0.15) is 12.0 Å². The summed E-state index contributed by atoms with van der Waals surface area (Å²) in [7, 11) is 0. The average molecular weight is 358 g/mol. The first-order chi connectivity index (χ1) is 11.6. The van der Waals surface area contributed by atoms with Crippen LogP contribution in [0.25, 0.3) is 10.9 Å². The second kappa shape index (κ2) is 5.75. The molecule has 0 radical (unpaired) electrons. The van der Waals surface area contributed by atoms with Gasteiger partial charge in [0, 0.05) is 30.2 Å². The molecule has 1 aromatic carbocycles. The van der Waals surface area contributed by atoms with Crippen LogP contribution in [-0.2, 0) is 16.0 Å². The third-order valence-electron chi connectivity index (χ3n) is 4.65. The zero-order chi connectivity index (χ0) is 18.4. The predicted molar refractivity (Wildman–Crippen MR) is 79.3 cm³/mol. The Morgan fingerprint density at radius 2 is 2.04 bits per heavy atom. The lowest BCUT2D eigenvalue weighted by Gasteiger charge is -2.27. The molecule has 2 N–H and O–H groups in total. The number of benzene rings is 1. The summed E-state index contributed by atoms with van der Waals surface area (Å²) in [6, 6.07) is 3.95. The summed E-state index contributed by atoms with van der Waals surface area (Å²) < 4.78 is 52.7. The largest absolute Gasteiger partial charge is 0.481 e. The number of halogens is 4. The second-order valence-electron chi connectivity index (χ2n) is 6.13. The van der Waals surface area contributed by atoms with E-state index in [0.717, 1.165) is 4.90 Å². The maximum atomic E-state index is 13.2. The van der Waals surface area contributed by atoms with E-state index >= 15 is 0 Å². The zero-order valence-corrected chi connectivity index (χ0v) is 12.9. The first-order valence-corrected chi connectivity index (χ1v) is 7.47. The molecule has 25 heavy (non-hydrogen) atoms. The van der Waals surface area contributed by atoms with E-state index in [1.807, 2.05) is 0 Å². The van der Waals surface area contributed by atoms with Crippen molar-refractivity contribution in [2.75, 3.05) is 13.1 Å². The number of hydrogen-bond acceptors (Lipinski definition) is 2. The summed E-state index contributed by atoms with van der Waals surface area (Å²) >= 11 is 0. The van der Waals surface area contributed by atoms with Crippen molar-refractivity contribution < 1.29 is 32.3 Å². The number of aromatic nitrogens is 1. The van der Waals surface area contributed by atoms with Gasteiger partial charge in [-0.1, -0.05) is 0 Å². The van der Waals surface area contributed by atoms with Crippen molar-refractivity contribution in [3.63, 3.8) is 0 Å². The minimum absolute atomic E-state index is 0.195. The molecular formula is C16H14F4N2O3. The molecule has 0 aliphatic carbocycles. The van der Waals surface area contributed by atoms with E-state index in [9.17, 15) is 27.2 Å². The number of carboxylic acid groups (broad SMARTS) is 1. The molecule has 1 unspecified atom stereocenters. The van der Waals surface area contributed by atoms with Gasteiger partial charge in [0.05, 0.1) is 6.42 Å². The van der Waals surface area contributed by atoms with Crippen molar-refractivity contribution in [1.82, 2.24) is 9.88 Å². The van der Waals surface area contributed by atoms with Gasteiger partial charge in [0.1, 0.15) is 5.82 Å². The van der Waals surface area contributed by atoms with Crippen molar-refractivity contribution in [2.45, 2.75) is 19.0 Å². The smallest absolute Gasteiger partial charge is 0.406 e. The van der Waals surface area contributed by atoms with Gasteiger partial charge in [0.25, 0.3) is 0 Å². The van der Waals surface area contributed by atoms with E-state index in [1.54, 1.807) is 0 Å². The van der Waals surface area contributed by atoms with Gasteiger partial charge in [-0.2, -0.15) is 13.2 Å². The lowest BCUT2D eigenvalue weighted by atomic mass is 9.86. The highest BCUT2D eigenvalue weighted by atomic mass is 19.4. The van der Waals surface area contributed by atoms with Crippen LogP contribution < -0.4 is 0 Å². The molecular weight excluding hydrogens is 344 g/mol. The summed E-state index contributed by atoms with van der Waals surface area (Å²) in [6.45, 7) is -1.18. The van der Waals surface area contributed by atoms with Crippen LogP contribution in [0.2, 0.25) is 0 Å². The summed E-state index contributed by atoms with van der Waals surface area (Å²) in [5.74, 6) is -3.03. The number of carbonyl (C=O) groups excluding carboxylic acids is 1. The van der Waals surface area contributed by atoms with E-state index < -0.39 is 42.3 Å². The highest BCUT2D eigenvalue weighted by Gasteiger charge is 2.64. The Balaban J connectivity index is 1.79. The van der Waals surface area contributed by atoms with Crippen LogP contribution in [0, 0.1) is 11.2 Å². The molecule has 2 heterocycles. The first-order valence-electron chi connectivity index (χ1n) is 7.47. The third kappa shape index (κ3) is 2.83. The molecule has 0 saturated carbocycles. The highest BCUT2D eigenvalue weighted by molar-refractivity contribution is 5.89. The van der Waals surface area contributed by atoms with Crippen LogP contribution in [0.5, 0.6) is 0 Å². The van der Waals surface area contributed by atoms with Gasteiger partial charge >= 0.3 is 12.1 Å². The van der Waals surface area contributed by atoms with Gasteiger partial charge < -0.3 is 15.0 Å². The monoisotopic (exact) mass is 358 g/mol. The number of carbonyl (C=O) groups is 2. The van der Waals surface area contributed by atoms with Gasteiger partial charge in [-0.25, -0.2) is 4.39 Å². The molecule has 1 amide bonds. The SMILES string of the molecule is O=C(Cc1c[nH]c2cc(F)ccc12)N1CCC(C(=O)O)(C(F)(F)F)C1. The number of carboxylic acids is 1. The van der Waals surface area contributed by atoms with E-state index in [4.69, 9.17) is 5.11 Å². The fourth-order valence-corrected chi connectivity index (χ4v) is 3.13. The topological polar surface area (TPSA) is 73.4 Å². The second-order valence-corrected chi connectivity index (χ2v) is 6.13. The Labute approximate surface area is 139 Å². The number of alkyl halides is 3. The molecule has 1 aliphatic rings. The Bertz CT molecular complexity index is 846. The molecule has 2 aromatic rings. The van der Waals surface area contributed by atoms with Crippen molar-refractivity contribution >= 4 is 22.8 Å². The van der Waals surface area contributed by atoms with Crippen LogP contribution in [0.15, 0.2) is 24.4 Å². The van der Waals surface area contributed by atoms with Gasteiger partial charge in [-0.3, -0.25) is 9.59 Å². The minimum Gasteiger partial charge on any atom is -0.481 e. The number of aromatic amines is 1. The van der Waals surface area contributed by atoms with Crippen LogP contribution in [0.4, 0.5) is 17.6 Å². The molecule has 5 nitrogen and oxygen atoms in total. The molecule has 9 heteroatoms. The highest BCUT2D eigenvalue weighted by Crippen LogP contribution is 2.45. The molecule has 0 spiro atoms. The maximum Gasteiger partial charge on any atom is 0.406 e. The molecule has 1 aliphatic heterocycles. The van der Waals surface area contributed by atoms with E-state index in [2.05, 4.69) is 4.98 Å². The number of aliphatic carboxylic acids is 1. The molecule has 0 bridgehead atoms. The van der Waals surface area contributed by atoms with E-state index in [-0.39, 0.29) is 13.0 Å². The molecule has 1 fully saturated rings. The van der Waals surface area contributed by atoms with Gasteiger partial charge in [0.2, 0.25) is 5.91 Å². The standard InChI is InChI=1S/C16H14F4N2O3/c17-10-1-2-11-9(7-21-12(11)6-10)5-13(23)22-4-3-15(8-22,14(24)25)16(18,19)20/h1-2,6-7,21H,3-5,8H2,(H,24,25). The summed E-state index contributed by atoms with van der Waals surface area (Å²) in [5, 5.41) is 9.62. The average Bonchev–Trinajstić information content (AvgIpc) is 3.12. The van der Waals surface area contributed by atoms with Gasteiger partial charge in [-0.15, -0.1) is 0 Å². The number of nitrogens with one attached hydrogen (secondary N) is 1. The summed E-state index contributed by atoms with van der Waals surface area (Å²) in [6.07, 6.45) is -4.31. The summed E-state index contributed by atoms with van der Waals surface area (Å²) in [5.41, 5.74) is -1.94. The Morgan fingerprint density at radius 3 is 2.64 bits per heavy atom. The van der Waals surface area contributed by atoms with Gasteiger partial charge in [-0.05, 0) is 30.2 Å². The number of hydrogen-bond donors (Lipinski definition) is 2. The fourth-order valence-electron chi connectivity index (χ4n) is 3.13. The number of amides is 1. The van der Waals surface area contributed by atoms with Crippen molar-refractivity contribution in [2.24, 2.45) is 5.41 Å². The molecule has 134 valence electrons. The number of nitrogens with zero attached hydrogens (tertiary/aromatic N) is 1. The number of fused-ring (bicyclic) bond motifs is 1. The Hall–Kier alpha value is -2.58.